The number of aryl methyl sites for hydroxylation is 1. The number of ether oxygens (including phenoxy) is 2. The van der Waals surface area contributed by atoms with E-state index in [1.807, 2.05) is 25.1 Å². The van der Waals surface area contributed by atoms with Crippen LogP contribution in [0.5, 0.6) is 0 Å². The van der Waals surface area contributed by atoms with E-state index in [0.717, 1.165) is 25.9 Å². The van der Waals surface area contributed by atoms with E-state index in [1.165, 1.54) is 5.56 Å². The van der Waals surface area contributed by atoms with Gasteiger partial charge in [-0.05, 0) is 25.3 Å². The standard InChI is InChI=1S/C15H21NO3/c1-15(11-16-12-15)19-10-14(17)18-9-5-8-13-6-3-2-4-7-13/h2-4,6-7,16H,5,8-12H2,1H3. The third kappa shape index (κ3) is 4.65. The number of rotatable bonds is 7. The molecule has 1 heterocycles. The Hall–Kier alpha value is -1.39. The predicted octanol–water partition coefficient (Wildman–Crippen LogP) is 1.54. The van der Waals surface area contributed by atoms with Gasteiger partial charge in [0.1, 0.15) is 6.61 Å². The fraction of sp³-hybridized carbons (Fsp3) is 0.533. The minimum Gasteiger partial charge on any atom is -0.464 e. The zero-order valence-electron chi connectivity index (χ0n) is 11.4. The molecule has 0 bridgehead atoms. The van der Waals surface area contributed by atoms with Gasteiger partial charge in [-0.1, -0.05) is 30.3 Å². The number of carbonyl (C=O) groups excluding carboxylic acids is 1. The van der Waals surface area contributed by atoms with Gasteiger partial charge in [0.15, 0.2) is 0 Å². The molecule has 1 N–H and O–H groups in total. The number of hydrogen-bond acceptors (Lipinski definition) is 4. The van der Waals surface area contributed by atoms with Crippen LogP contribution in [0.4, 0.5) is 0 Å². The van der Waals surface area contributed by atoms with Crippen molar-refractivity contribution in [3.63, 3.8) is 0 Å². The molecule has 0 atom stereocenters. The Kier molecular flexibility index (Phi) is 4.93. The molecule has 1 aliphatic heterocycles. The molecular weight excluding hydrogens is 242 g/mol. The molecule has 4 heteroatoms. The van der Waals surface area contributed by atoms with Gasteiger partial charge in [-0.25, -0.2) is 4.79 Å². The molecule has 0 amide bonds. The first-order valence-corrected chi connectivity index (χ1v) is 6.72. The molecule has 0 radical (unpaired) electrons. The highest BCUT2D eigenvalue weighted by molar-refractivity contribution is 5.70. The van der Waals surface area contributed by atoms with Crippen molar-refractivity contribution in [2.45, 2.75) is 25.4 Å². The third-order valence-electron chi connectivity index (χ3n) is 3.25. The van der Waals surface area contributed by atoms with E-state index in [9.17, 15) is 4.79 Å². The second-order valence-corrected chi connectivity index (χ2v) is 5.15. The molecule has 0 spiro atoms. The average Bonchev–Trinajstić information content (AvgIpc) is 2.40. The molecule has 1 aromatic carbocycles. The van der Waals surface area contributed by atoms with Crippen molar-refractivity contribution in [2.75, 3.05) is 26.3 Å². The molecule has 1 aromatic rings. The first-order valence-electron chi connectivity index (χ1n) is 6.72. The van der Waals surface area contributed by atoms with Gasteiger partial charge in [0.05, 0.1) is 12.2 Å². The number of esters is 1. The van der Waals surface area contributed by atoms with Gasteiger partial charge < -0.3 is 14.8 Å². The van der Waals surface area contributed by atoms with Gasteiger partial charge in [-0.3, -0.25) is 0 Å². The Balaban J connectivity index is 1.54. The lowest BCUT2D eigenvalue weighted by Gasteiger charge is -2.38. The van der Waals surface area contributed by atoms with Gasteiger partial charge in [0.25, 0.3) is 0 Å². The molecule has 19 heavy (non-hydrogen) atoms. The number of carbonyl (C=O) groups is 1. The fourth-order valence-electron chi connectivity index (χ4n) is 1.96. The van der Waals surface area contributed by atoms with E-state index in [2.05, 4.69) is 17.4 Å². The molecule has 104 valence electrons. The van der Waals surface area contributed by atoms with Crippen molar-refractivity contribution >= 4 is 5.97 Å². The van der Waals surface area contributed by atoms with Crippen molar-refractivity contribution in [3.05, 3.63) is 35.9 Å². The SMILES string of the molecule is CC1(OCC(=O)OCCCc2ccccc2)CNC1. The Morgan fingerprint density at radius 3 is 2.68 bits per heavy atom. The maximum absolute atomic E-state index is 11.5. The van der Waals surface area contributed by atoms with Crippen molar-refractivity contribution in [1.82, 2.24) is 5.32 Å². The summed E-state index contributed by atoms with van der Waals surface area (Å²) < 4.78 is 10.6. The van der Waals surface area contributed by atoms with E-state index in [1.54, 1.807) is 0 Å². The summed E-state index contributed by atoms with van der Waals surface area (Å²) in [5, 5.41) is 3.12. The molecule has 1 fully saturated rings. The first-order chi connectivity index (χ1) is 9.18. The quantitative estimate of drug-likeness (QED) is 0.599. The van der Waals surface area contributed by atoms with Crippen LogP contribution in [0.2, 0.25) is 0 Å². The summed E-state index contributed by atoms with van der Waals surface area (Å²) in [6.45, 7) is 4.09. The van der Waals surface area contributed by atoms with Gasteiger partial charge >= 0.3 is 5.97 Å². The second kappa shape index (κ2) is 6.68. The lowest BCUT2D eigenvalue weighted by Crippen LogP contribution is -2.59. The molecule has 2 rings (SSSR count). The average molecular weight is 263 g/mol. The molecule has 4 nitrogen and oxygen atoms in total. The van der Waals surface area contributed by atoms with Gasteiger partial charge in [0.2, 0.25) is 0 Å². The lowest BCUT2D eigenvalue weighted by molar-refractivity contribution is -0.158. The summed E-state index contributed by atoms with van der Waals surface area (Å²) in [6, 6.07) is 10.2. The summed E-state index contributed by atoms with van der Waals surface area (Å²) in [6.07, 6.45) is 1.77. The molecular formula is C15H21NO3. The van der Waals surface area contributed by atoms with E-state index >= 15 is 0 Å². The topological polar surface area (TPSA) is 47.6 Å². The molecule has 1 aliphatic rings. The molecule has 0 unspecified atom stereocenters. The molecule has 0 aromatic heterocycles. The van der Waals surface area contributed by atoms with Crippen LogP contribution in [-0.2, 0) is 20.7 Å². The fourth-order valence-corrected chi connectivity index (χ4v) is 1.96. The minimum absolute atomic E-state index is 0.0452. The lowest BCUT2D eigenvalue weighted by atomic mass is 10.0. The van der Waals surface area contributed by atoms with Gasteiger partial charge in [0, 0.05) is 13.1 Å². The van der Waals surface area contributed by atoms with Crippen molar-refractivity contribution in [1.29, 1.82) is 0 Å². The maximum atomic E-state index is 11.5. The summed E-state index contributed by atoms with van der Waals surface area (Å²) in [5.41, 5.74) is 1.08. The Morgan fingerprint density at radius 2 is 2.05 bits per heavy atom. The van der Waals surface area contributed by atoms with Crippen molar-refractivity contribution < 1.29 is 14.3 Å². The van der Waals surface area contributed by atoms with Crippen LogP contribution >= 0.6 is 0 Å². The van der Waals surface area contributed by atoms with Crippen LogP contribution in [0.25, 0.3) is 0 Å². The highest BCUT2D eigenvalue weighted by Gasteiger charge is 2.33. The highest BCUT2D eigenvalue weighted by Crippen LogP contribution is 2.14. The summed E-state index contributed by atoms with van der Waals surface area (Å²) in [5.74, 6) is -0.277. The number of nitrogens with one attached hydrogen (secondary N) is 1. The minimum atomic E-state index is -0.277. The maximum Gasteiger partial charge on any atom is 0.332 e. The summed E-state index contributed by atoms with van der Waals surface area (Å²) in [4.78, 5) is 11.5. The van der Waals surface area contributed by atoms with Gasteiger partial charge in [-0.15, -0.1) is 0 Å². The summed E-state index contributed by atoms with van der Waals surface area (Å²) >= 11 is 0. The van der Waals surface area contributed by atoms with Crippen LogP contribution in [0.15, 0.2) is 30.3 Å². The van der Waals surface area contributed by atoms with Crippen LogP contribution in [0, 0.1) is 0 Å². The van der Waals surface area contributed by atoms with Crippen LogP contribution < -0.4 is 5.32 Å². The Morgan fingerprint density at radius 1 is 1.32 bits per heavy atom. The number of benzene rings is 1. The van der Waals surface area contributed by atoms with E-state index in [4.69, 9.17) is 9.47 Å². The van der Waals surface area contributed by atoms with Gasteiger partial charge in [-0.2, -0.15) is 0 Å². The smallest absolute Gasteiger partial charge is 0.332 e. The normalized spacial score (nSPS) is 16.7. The first kappa shape index (κ1) is 14.0. The third-order valence-corrected chi connectivity index (χ3v) is 3.25. The largest absolute Gasteiger partial charge is 0.464 e. The summed E-state index contributed by atoms with van der Waals surface area (Å²) in [7, 11) is 0. The number of hydrogen-bond donors (Lipinski definition) is 1. The highest BCUT2D eigenvalue weighted by atomic mass is 16.6. The monoisotopic (exact) mass is 263 g/mol. The van der Waals surface area contributed by atoms with E-state index < -0.39 is 0 Å². The van der Waals surface area contributed by atoms with E-state index in [-0.39, 0.29) is 18.2 Å². The van der Waals surface area contributed by atoms with Crippen LogP contribution in [0.3, 0.4) is 0 Å². The predicted molar refractivity (Wildman–Crippen MR) is 72.9 cm³/mol. The van der Waals surface area contributed by atoms with Crippen molar-refractivity contribution in [3.8, 4) is 0 Å². The van der Waals surface area contributed by atoms with Crippen molar-refractivity contribution in [2.24, 2.45) is 0 Å². The van der Waals surface area contributed by atoms with E-state index in [0.29, 0.717) is 6.61 Å². The Labute approximate surface area is 114 Å². The molecule has 0 saturated carbocycles. The molecule has 0 aliphatic carbocycles. The second-order valence-electron chi connectivity index (χ2n) is 5.15. The molecule has 1 saturated heterocycles. The van der Waals surface area contributed by atoms with Crippen LogP contribution in [0.1, 0.15) is 18.9 Å². The zero-order chi connectivity index (χ0) is 13.6. The zero-order valence-corrected chi connectivity index (χ0v) is 11.4. The van der Waals surface area contributed by atoms with Crippen LogP contribution in [-0.4, -0.2) is 37.9 Å². The Bertz CT molecular complexity index is 401.